The number of nitrogen functional groups attached to an aromatic ring is 1. The minimum absolute atomic E-state index is 0.0423. The number of unbranched alkanes of at least 4 members (excludes halogenated alkanes) is 1. The number of anilines is 2. The van der Waals surface area contributed by atoms with E-state index in [9.17, 15) is 14.4 Å². The van der Waals surface area contributed by atoms with Crippen LogP contribution in [-0.4, -0.2) is 36.2 Å². The van der Waals surface area contributed by atoms with E-state index in [0.29, 0.717) is 24.5 Å². The Labute approximate surface area is 162 Å². The Morgan fingerprint density at radius 1 is 1.21 bits per heavy atom. The summed E-state index contributed by atoms with van der Waals surface area (Å²) in [6.07, 6.45) is 1.55. The Balaban J connectivity index is 2.61. The van der Waals surface area contributed by atoms with Gasteiger partial charge in [0.15, 0.2) is 5.69 Å². The van der Waals surface area contributed by atoms with Crippen LogP contribution in [0.4, 0.5) is 11.5 Å². The van der Waals surface area contributed by atoms with Gasteiger partial charge in [-0.3, -0.25) is 19.1 Å². The summed E-state index contributed by atoms with van der Waals surface area (Å²) in [6, 6.07) is 4.80. The SMILES string of the molecule is CCCCn1c(N)c(N(CC)C(=O)c2cc(OC)ccc2OC)c(=O)[nH]c1=O. The van der Waals surface area contributed by atoms with Crippen LogP contribution in [0.1, 0.15) is 37.0 Å². The van der Waals surface area contributed by atoms with Crippen LogP contribution in [0.2, 0.25) is 0 Å². The van der Waals surface area contributed by atoms with Crippen molar-refractivity contribution in [1.82, 2.24) is 9.55 Å². The monoisotopic (exact) mass is 390 g/mol. The average molecular weight is 390 g/mol. The molecule has 0 aliphatic carbocycles. The maximum Gasteiger partial charge on any atom is 0.330 e. The fraction of sp³-hybridized carbons (Fsp3) is 0.421. The van der Waals surface area contributed by atoms with Crippen molar-refractivity contribution < 1.29 is 14.3 Å². The largest absolute Gasteiger partial charge is 0.497 e. The number of methoxy groups -OCH3 is 2. The highest BCUT2D eigenvalue weighted by molar-refractivity contribution is 6.09. The third kappa shape index (κ3) is 4.03. The first-order chi connectivity index (χ1) is 13.4. The minimum Gasteiger partial charge on any atom is -0.497 e. The highest BCUT2D eigenvalue weighted by Crippen LogP contribution is 2.27. The molecule has 1 heterocycles. The molecule has 0 saturated carbocycles. The number of rotatable bonds is 8. The zero-order valence-electron chi connectivity index (χ0n) is 16.6. The summed E-state index contributed by atoms with van der Waals surface area (Å²) >= 11 is 0. The van der Waals surface area contributed by atoms with Crippen LogP contribution in [0.5, 0.6) is 11.5 Å². The molecule has 0 aliphatic rings. The van der Waals surface area contributed by atoms with E-state index in [4.69, 9.17) is 15.2 Å². The predicted octanol–water partition coefficient (Wildman–Crippen LogP) is 1.60. The third-order valence-electron chi connectivity index (χ3n) is 4.42. The van der Waals surface area contributed by atoms with E-state index in [0.717, 1.165) is 6.42 Å². The second kappa shape index (κ2) is 9.12. The molecule has 1 aromatic carbocycles. The summed E-state index contributed by atoms with van der Waals surface area (Å²) in [4.78, 5) is 41.4. The minimum atomic E-state index is -0.715. The Hall–Kier alpha value is -3.23. The van der Waals surface area contributed by atoms with Gasteiger partial charge >= 0.3 is 5.69 Å². The van der Waals surface area contributed by atoms with E-state index in [1.54, 1.807) is 19.1 Å². The lowest BCUT2D eigenvalue weighted by Crippen LogP contribution is -2.41. The van der Waals surface area contributed by atoms with Gasteiger partial charge in [0.25, 0.3) is 11.5 Å². The Kier molecular flexibility index (Phi) is 6.86. The maximum absolute atomic E-state index is 13.2. The van der Waals surface area contributed by atoms with Crippen LogP contribution >= 0.6 is 0 Å². The van der Waals surface area contributed by atoms with Gasteiger partial charge in [0.1, 0.15) is 17.3 Å². The molecule has 1 aromatic heterocycles. The normalized spacial score (nSPS) is 10.6. The second-order valence-electron chi connectivity index (χ2n) is 6.11. The van der Waals surface area contributed by atoms with E-state index >= 15 is 0 Å². The number of nitrogens with zero attached hydrogens (tertiary/aromatic N) is 2. The fourth-order valence-electron chi connectivity index (χ4n) is 2.91. The summed E-state index contributed by atoms with van der Waals surface area (Å²) < 4.78 is 11.7. The standard InChI is InChI=1S/C19H26N4O5/c1-5-7-10-23-16(20)15(17(24)21-19(23)26)22(6-2)18(25)13-11-12(27-3)8-9-14(13)28-4/h8-9,11H,5-7,10,20H2,1-4H3,(H,21,24,26). The molecule has 0 radical (unpaired) electrons. The topological polar surface area (TPSA) is 120 Å². The smallest absolute Gasteiger partial charge is 0.330 e. The summed E-state index contributed by atoms with van der Waals surface area (Å²) in [5, 5.41) is 0. The van der Waals surface area contributed by atoms with E-state index < -0.39 is 17.2 Å². The number of amides is 1. The lowest BCUT2D eigenvalue weighted by atomic mass is 10.1. The van der Waals surface area contributed by atoms with Crippen LogP contribution in [0.3, 0.4) is 0 Å². The predicted molar refractivity (Wildman–Crippen MR) is 108 cm³/mol. The molecule has 9 heteroatoms. The number of hydrogen-bond donors (Lipinski definition) is 2. The maximum atomic E-state index is 13.2. The molecule has 0 bridgehead atoms. The van der Waals surface area contributed by atoms with Gasteiger partial charge in [-0.2, -0.15) is 0 Å². The Morgan fingerprint density at radius 3 is 2.50 bits per heavy atom. The molecule has 28 heavy (non-hydrogen) atoms. The molecule has 152 valence electrons. The Bertz CT molecular complexity index is 964. The second-order valence-corrected chi connectivity index (χ2v) is 6.11. The first-order valence-electron chi connectivity index (χ1n) is 9.05. The third-order valence-corrected chi connectivity index (χ3v) is 4.42. The number of H-pyrrole nitrogens is 1. The van der Waals surface area contributed by atoms with Crippen molar-refractivity contribution in [2.24, 2.45) is 0 Å². The summed E-state index contributed by atoms with van der Waals surface area (Å²) in [7, 11) is 2.93. The highest BCUT2D eigenvalue weighted by Gasteiger charge is 2.26. The number of carbonyl (C=O) groups excluding carboxylic acids is 1. The Morgan fingerprint density at radius 2 is 1.93 bits per heavy atom. The molecule has 1 amide bonds. The first-order valence-corrected chi connectivity index (χ1v) is 9.05. The number of aromatic nitrogens is 2. The van der Waals surface area contributed by atoms with E-state index in [1.165, 1.54) is 29.8 Å². The average Bonchev–Trinajstić information content (AvgIpc) is 2.69. The summed E-state index contributed by atoms with van der Waals surface area (Å²) in [5.41, 5.74) is 4.98. The number of carbonyl (C=O) groups is 1. The van der Waals surface area contributed by atoms with Gasteiger partial charge in [-0.25, -0.2) is 4.79 Å². The molecule has 0 fully saturated rings. The van der Waals surface area contributed by atoms with Gasteiger partial charge in [0.2, 0.25) is 0 Å². The first kappa shape index (κ1) is 21.1. The number of hydrogen-bond acceptors (Lipinski definition) is 6. The van der Waals surface area contributed by atoms with Crippen molar-refractivity contribution in [1.29, 1.82) is 0 Å². The van der Waals surface area contributed by atoms with E-state index in [1.807, 2.05) is 6.92 Å². The van der Waals surface area contributed by atoms with Gasteiger partial charge in [0.05, 0.1) is 19.8 Å². The van der Waals surface area contributed by atoms with Gasteiger partial charge < -0.3 is 20.1 Å². The number of nitrogens with two attached hydrogens (primary N) is 1. The molecule has 0 saturated heterocycles. The van der Waals surface area contributed by atoms with Gasteiger partial charge in [-0.1, -0.05) is 13.3 Å². The van der Waals surface area contributed by atoms with Gasteiger partial charge in [-0.15, -0.1) is 0 Å². The molecular formula is C19H26N4O5. The molecule has 2 rings (SSSR count). The van der Waals surface area contributed by atoms with Crippen molar-refractivity contribution >= 4 is 17.4 Å². The molecule has 0 unspecified atom stereocenters. The number of aromatic amines is 1. The highest BCUT2D eigenvalue weighted by atomic mass is 16.5. The lowest BCUT2D eigenvalue weighted by Gasteiger charge is -2.24. The van der Waals surface area contributed by atoms with E-state index in [2.05, 4.69) is 4.98 Å². The molecule has 2 aromatic rings. The zero-order valence-corrected chi connectivity index (χ0v) is 16.6. The van der Waals surface area contributed by atoms with Crippen LogP contribution in [0, 0.1) is 0 Å². The van der Waals surface area contributed by atoms with Crippen LogP contribution in [-0.2, 0) is 6.54 Å². The van der Waals surface area contributed by atoms with Crippen molar-refractivity contribution in [2.75, 3.05) is 31.4 Å². The lowest BCUT2D eigenvalue weighted by molar-refractivity contribution is 0.0984. The molecule has 0 aliphatic heterocycles. The van der Waals surface area contributed by atoms with Crippen LogP contribution in [0.15, 0.2) is 27.8 Å². The molecule has 0 spiro atoms. The molecule has 9 nitrogen and oxygen atoms in total. The summed E-state index contributed by atoms with van der Waals surface area (Å²) in [6.45, 7) is 4.20. The van der Waals surface area contributed by atoms with Gasteiger partial charge in [-0.05, 0) is 31.5 Å². The summed E-state index contributed by atoms with van der Waals surface area (Å²) in [5.74, 6) is 0.268. The number of ether oxygens (including phenoxy) is 2. The van der Waals surface area contributed by atoms with Crippen molar-refractivity contribution in [3.05, 3.63) is 44.6 Å². The molecule has 3 N–H and O–H groups in total. The molecular weight excluding hydrogens is 364 g/mol. The van der Waals surface area contributed by atoms with E-state index in [-0.39, 0.29) is 23.6 Å². The zero-order chi connectivity index (χ0) is 20.8. The van der Waals surface area contributed by atoms with Crippen molar-refractivity contribution in [2.45, 2.75) is 33.2 Å². The number of nitrogens with one attached hydrogen (secondary N) is 1. The van der Waals surface area contributed by atoms with Crippen LogP contribution < -0.4 is 31.4 Å². The van der Waals surface area contributed by atoms with Gasteiger partial charge in [0, 0.05) is 13.1 Å². The fourth-order valence-corrected chi connectivity index (χ4v) is 2.91. The quantitative estimate of drug-likeness (QED) is 0.706. The van der Waals surface area contributed by atoms with Crippen molar-refractivity contribution in [3.8, 4) is 11.5 Å². The van der Waals surface area contributed by atoms with Crippen LogP contribution in [0.25, 0.3) is 0 Å². The van der Waals surface area contributed by atoms with Crippen molar-refractivity contribution in [3.63, 3.8) is 0 Å². The molecule has 0 atom stereocenters. The number of benzene rings is 1.